The van der Waals surface area contributed by atoms with Crippen LogP contribution >= 0.6 is 11.3 Å². The number of para-hydroxylation sites is 1. The van der Waals surface area contributed by atoms with Gasteiger partial charge >= 0.3 is 0 Å². The highest BCUT2D eigenvalue weighted by molar-refractivity contribution is 7.07. The van der Waals surface area contributed by atoms with Crippen LogP contribution in [0.4, 0.5) is 5.69 Å². The van der Waals surface area contributed by atoms with Gasteiger partial charge in [0.2, 0.25) is 0 Å². The molecule has 1 atom stereocenters. The number of thiazole rings is 1. The first kappa shape index (κ1) is 35.0. The number of aryl methyl sites for hydroxylation is 1. The number of anilines is 1. The van der Waals surface area contributed by atoms with Crippen LogP contribution in [-0.2, 0) is 11.4 Å². The molecule has 1 aliphatic heterocycles. The molecule has 0 radical (unpaired) electrons. The second kappa shape index (κ2) is 15.4. The van der Waals surface area contributed by atoms with Crippen molar-refractivity contribution in [1.29, 1.82) is 0 Å². The number of hydrogen-bond acceptors (Lipinski definition) is 9. The molecular formula is C40H39N3O7S. The van der Waals surface area contributed by atoms with Gasteiger partial charge in [-0.25, -0.2) is 4.99 Å². The molecule has 6 rings (SSSR count). The van der Waals surface area contributed by atoms with Crippen LogP contribution in [0, 0.1) is 6.92 Å². The monoisotopic (exact) mass is 705 g/mol. The molecule has 1 amide bonds. The smallest absolute Gasteiger partial charge is 0.271 e. The average molecular weight is 706 g/mol. The van der Waals surface area contributed by atoms with E-state index in [1.807, 2.05) is 98.8 Å². The number of ether oxygens (including phenoxy) is 5. The van der Waals surface area contributed by atoms with Crippen molar-refractivity contribution in [3.8, 4) is 28.7 Å². The van der Waals surface area contributed by atoms with E-state index in [1.165, 1.54) is 11.3 Å². The van der Waals surface area contributed by atoms with Crippen LogP contribution in [0.2, 0.25) is 0 Å². The normalized spacial score (nSPS) is 14.0. The van der Waals surface area contributed by atoms with Gasteiger partial charge in [0.05, 0.1) is 49.8 Å². The minimum Gasteiger partial charge on any atom is -0.497 e. The molecule has 0 fully saturated rings. The van der Waals surface area contributed by atoms with Crippen molar-refractivity contribution >= 4 is 29.0 Å². The standard InChI is InChI=1S/C40H39N3O7S/c1-7-49-34-19-26(14-17-32(34)50-23-28-21-30(46-4)16-18-31(28)47-5)20-35-39(45)43-37(27-15-13-24(2)33(22-27)48-6)36(25(3)41-40(43)51-35)38(44)42-29-11-9-8-10-12-29/h8-22,37H,7,23H2,1-6H3,(H,42,44)/b35-20-/t37-/m1/s1. The zero-order chi connectivity index (χ0) is 36.1. The number of allylic oxidation sites excluding steroid dienone is 1. The minimum absolute atomic E-state index is 0.224. The molecule has 1 aliphatic rings. The van der Waals surface area contributed by atoms with Gasteiger partial charge in [0.1, 0.15) is 23.9 Å². The average Bonchev–Trinajstić information content (AvgIpc) is 3.44. The summed E-state index contributed by atoms with van der Waals surface area (Å²) in [7, 11) is 4.82. The second-order valence-corrected chi connectivity index (χ2v) is 12.7. The van der Waals surface area contributed by atoms with Crippen molar-refractivity contribution in [3.05, 3.63) is 138 Å². The van der Waals surface area contributed by atoms with Gasteiger partial charge in [-0.3, -0.25) is 14.2 Å². The Hall–Kier alpha value is -5.81. The van der Waals surface area contributed by atoms with Crippen LogP contribution in [0.1, 0.15) is 42.1 Å². The summed E-state index contributed by atoms with van der Waals surface area (Å²) in [5, 5.41) is 2.99. The number of rotatable bonds is 12. The molecule has 262 valence electrons. The van der Waals surface area contributed by atoms with E-state index in [1.54, 1.807) is 38.9 Å². The van der Waals surface area contributed by atoms with Crippen LogP contribution in [0.5, 0.6) is 28.7 Å². The predicted molar refractivity (Wildman–Crippen MR) is 198 cm³/mol. The van der Waals surface area contributed by atoms with E-state index in [9.17, 15) is 9.59 Å². The molecule has 11 heteroatoms. The Bertz CT molecular complexity index is 2290. The lowest BCUT2D eigenvalue weighted by Crippen LogP contribution is -2.40. The third-order valence-corrected chi connectivity index (χ3v) is 9.46. The molecule has 0 bridgehead atoms. The van der Waals surface area contributed by atoms with Gasteiger partial charge in [-0.2, -0.15) is 0 Å². The third-order valence-electron chi connectivity index (χ3n) is 8.48. The van der Waals surface area contributed by atoms with Crippen molar-refractivity contribution in [1.82, 2.24) is 4.57 Å². The number of amides is 1. The van der Waals surface area contributed by atoms with E-state index in [2.05, 4.69) is 5.32 Å². The number of carbonyl (C=O) groups is 1. The number of hydrogen-bond donors (Lipinski definition) is 1. The molecule has 2 heterocycles. The summed E-state index contributed by atoms with van der Waals surface area (Å²) < 4.78 is 30.7. The molecule has 1 aromatic heterocycles. The number of carbonyl (C=O) groups excluding carboxylic acids is 1. The summed E-state index contributed by atoms with van der Waals surface area (Å²) in [6.07, 6.45) is 1.80. The van der Waals surface area contributed by atoms with Crippen LogP contribution in [0.25, 0.3) is 6.08 Å². The summed E-state index contributed by atoms with van der Waals surface area (Å²) in [6.45, 7) is 6.27. The van der Waals surface area contributed by atoms with Gasteiger partial charge in [0, 0.05) is 11.3 Å². The molecule has 4 aromatic carbocycles. The van der Waals surface area contributed by atoms with Gasteiger partial charge in [0.15, 0.2) is 16.3 Å². The fourth-order valence-corrected chi connectivity index (χ4v) is 7.00. The van der Waals surface area contributed by atoms with E-state index in [-0.39, 0.29) is 18.1 Å². The van der Waals surface area contributed by atoms with E-state index < -0.39 is 6.04 Å². The van der Waals surface area contributed by atoms with Crippen LogP contribution in [0.15, 0.2) is 106 Å². The first-order valence-corrected chi connectivity index (χ1v) is 17.2. The van der Waals surface area contributed by atoms with E-state index in [0.717, 1.165) is 22.3 Å². The van der Waals surface area contributed by atoms with Gasteiger partial charge in [-0.15, -0.1) is 0 Å². The van der Waals surface area contributed by atoms with Crippen LogP contribution < -0.4 is 43.9 Å². The Balaban J connectivity index is 1.39. The molecule has 0 aliphatic carbocycles. The maximum atomic E-state index is 14.3. The topological polar surface area (TPSA) is 110 Å². The summed E-state index contributed by atoms with van der Waals surface area (Å²) >= 11 is 1.26. The summed E-state index contributed by atoms with van der Waals surface area (Å²) in [4.78, 5) is 33.5. The van der Waals surface area contributed by atoms with E-state index in [0.29, 0.717) is 61.6 Å². The fourth-order valence-electron chi connectivity index (χ4n) is 5.96. The van der Waals surface area contributed by atoms with E-state index >= 15 is 0 Å². The van der Waals surface area contributed by atoms with Crippen LogP contribution in [-0.4, -0.2) is 38.4 Å². The van der Waals surface area contributed by atoms with E-state index in [4.69, 9.17) is 28.7 Å². The number of benzene rings is 4. The quantitative estimate of drug-likeness (QED) is 0.165. The number of methoxy groups -OCH3 is 3. The number of fused-ring (bicyclic) bond motifs is 1. The predicted octanol–water partition coefficient (Wildman–Crippen LogP) is 6.19. The highest BCUT2D eigenvalue weighted by atomic mass is 32.1. The second-order valence-electron chi connectivity index (χ2n) is 11.7. The Kier molecular flexibility index (Phi) is 10.6. The summed E-state index contributed by atoms with van der Waals surface area (Å²) in [5.41, 5.74) is 4.48. The molecule has 0 saturated carbocycles. The lowest BCUT2D eigenvalue weighted by Gasteiger charge is -2.26. The van der Waals surface area contributed by atoms with Crippen molar-refractivity contribution < 1.29 is 28.5 Å². The SMILES string of the molecule is CCOc1cc(/C=c2\sc3n(c2=O)[C@H](c2ccc(C)c(OC)c2)C(C(=O)Nc2ccccc2)=C(C)N=3)ccc1OCc1cc(OC)ccc1OC. The maximum absolute atomic E-state index is 14.3. The Labute approximate surface area is 299 Å². The first-order valence-electron chi connectivity index (χ1n) is 16.4. The molecule has 51 heavy (non-hydrogen) atoms. The highest BCUT2D eigenvalue weighted by Gasteiger charge is 2.33. The Morgan fingerprint density at radius 2 is 1.63 bits per heavy atom. The zero-order valence-electron chi connectivity index (χ0n) is 29.3. The van der Waals surface area contributed by atoms with Crippen molar-refractivity contribution in [2.45, 2.75) is 33.4 Å². The summed E-state index contributed by atoms with van der Waals surface area (Å²) in [5.74, 6) is 2.75. The largest absolute Gasteiger partial charge is 0.497 e. The zero-order valence-corrected chi connectivity index (χ0v) is 30.1. The van der Waals surface area contributed by atoms with Crippen molar-refractivity contribution in [3.63, 3.8) is 0 Å². The number of aromatic nitrogens is 1. The molecular weight excluding hydrogens is 667 g/mol. The van der Waals surface area contributed by atoms with Crippen LogP contribution in [0.3, 0.4) is 0 Å². The molecule has 10 nitrogen and oxygen atoms in total. The Morgan fingerprint density at radius 3 is 2.35 bits per heavy atom. The number of nitrogens with zero attached hydrogens (tertiary/aromatic N) is 2. The minimum atomic E-state index is -0.745. The third kappa shape index (κ3) is 7.39. The number of nitrogens with one attached hydrogen (secondary N) is 1. The molecule has 0 saturated heterocycles. The van der Waals surface area contributed by atoms with Gasteiger partial charge in [0.25, 0.3) is 11.5 Å². The fraction of sp³-hybridized carbons (Fsp3) is 0.225. The van der Waals surface area contributed by atoms with Crippen molar-refractivity contribution in [2.75, 3.05) is 33.3 Å². The maximum Gasteiger partial charge on any atom is 0.271 e. The molecule has 0 spiro atoms. The first-order chi connectivity index (χ1) is 24.7. The molecule has 0 unspecified atom stereocenters. The molecule has 5 aromatic rings. The summed E-state index contributed by atoms with van der Waals surface area (Å²) in [6, 6.07) is 25.2. The lowest BCUT2D eigenvalue weighted by molar-refractivity contribution is -0.113. The molecule has 1 N–H and O–H groups in total. The van der Waals surface area contributed by atoms with Crippen molar-refractivity contribution in [2.24, 2.45) is 4.99 Å². The van der Waals surface area contributed by atoms with Gasteiger partial charge in [-0.1, -0.05) is 47.7 Å². The lowest BCUT2D eigenvalue weighted by atomic mass is 9.94. The Morgan fingerprint density at radius 1 is 0.863 bits per heavy atom. The van der Waals surface area contributed by atoms with Gasteiger partial charge < -0.3 is 29.0 Å². The highest BCUT2D eigenvalue weighted by Crippen LogP contribution is 2.34. The van der Waals surface area contributed by atoms with Gasteiger partial charge in [-0.05, 0) is 92.1 Å².